The second-order valence-electron chi connectivity index (χ2n) is 4.90. The summed E-state index contributed by atoms with van der Waals surface area (Å²) in [7, 11) is 0. The smallest absolute Gasteiger partial charge is 0.0804 e. The molecule has 4 nitrogen and oxygen atoms in total. The van der Waals surface area contributed by atoms with Gasteiger partial charge in [0.1, 0.15) is 0 Å². The normalized spacial score (nSPS) is 26.1. The third-order valence-electron chi connectivity index (χ3n) is 3.81. The Morgan fingerprint density at radius 1 is 1.19 bits per heavy atom. The predicted molar refractivity (Wildman–Crippen MR) is 63.5 cm³/mol. The van der Waals surface area contributed by atoms with Crippen LogP contribution in [0.25, 0.3) is 0 Å². The first-order chi connectivity index (χ1) is 7.85. The molecular weight excluding hydrogens is 204 g/mol. The summed E-state index contributed by atoms with van der Waals surface area (Å²) in [6.45, 7) is 6.32. The Kier molecular flexibility index (Phi) is 4.58. The molecule has 2 fully saturated rings. The van der Waals surface area contributed by atoms with Crippen molar-refractivity contribution in [3.05, 3.63) is 0 Å². The largest absolute Gasteiger partial charge is 0.379 e. The van der Waals surface area contributed by atoms with E-state index >= 15 is 0 Å². The third-order valence-corrected chi connectivity index (χ3v) is 3.81. The highest BCUT2D eigenvalue weighted by atomic mass is 16.5. The molecule has 0 radical (unpaired) electrons. The predicted octanol–water partition coefficient (Wildman–Crippen LogP) is 0.607. The Morgan fingerprint density at radius 3 is 2.50 bits per heavy atom. The SMILES string of the molecule is NCC1(OCCN2CCOCC2)CCCC1. The van der Waals surface area contributed by atoms with E-state index in [1.165, 1.54) is 12.8 Å². The number of morpholine rings is 1. The van der Waals surface area contributed by atoms with Crippen LogP contribution in [0.15, 0.2) is 0 Å². The van der Waals surface area contributed by atoms with Crippen molar-refractivity contribution in [3.8, 4) is 0 Å². The van der Waals surface area contributed by atoms with Gasteiger partial charge < -0.3 is 15.2 Å². The summed E-state index contributed by atoms with van der Waals surface area (Å²) in [5, 5.41) is 0. The van der Waals surface area contributed by atoms with Crippen LogP contribution < -0.4 is 5.73 Å². The van der Waals surface area contributed by atoms with Crippen LogP contribution in [0.3, 0.4) is 0 Å². The van der Waals surface area contributed by atoms with Crippen molar-refractivity contribution in [3.63, 3.8) is 0 Å². The van der Waals surface area contributed by atoms with Crippen LogP contribution in [-0.2, 0) is 9.47 Å². The van der Waals surface area contributed by atoms with E-state index in [9.17, 15) is 0 Å². The van der Waals surface area contributed by atoms with Crippen LogP contribution in [0.2, 0.25) is 0 Å². The zero-order chi connectivity index (χ0) is 11.3. The Balaban J connectivity index is 1.66. The molecule has 0 amide bonds. The van der Waals surface area contributed by atoms with Gasteiger partial charge in [0.2, 0.25) is 0 Å². The number of hydrogen-bond acceptors (Lipinski definition) is 4. The third kappa shape index (κ3) is 3.17. The van der Waals surface area contributed by atoms with E-state index in [0.717, 1.165) is 52.3 Å². The van der Waals surface area contributed by atoms with Gasteiger partial charge in [-0.1, -0.05) is 12.8 Å². The Hall–Kier alpha value is -0.160. The molecule has 2 rings (SSSR count). The fourth-order valence-corrected chi connectivity index (χ4v) is 2.64. The van der Waals surface area contributed by atoms with Crippen LogP contribution in [0.5, 0.6) is 0 Å². The molecule has 2 aliphatic rings. The lowest BCUT2D eigenvalue weighted by Crippen LogP contribution is -2.42. The zero-order valence-corrected chi connectivity index (χ0v) is 10.1. The molecule has 2 N–H and O–H groups in total. The van der Waals surface area contributed by atoms with Crippen LogP contribution in [-0.4, -0.2) is 56.5 Å². The first kappa shape index (κ1) is 12.3. The lowest BCUT2D eigenvalue weighted by Gasteiger charge is -2.31. The number of ether oxygens (including phenoxy) is 2. The average molecular weight is 228 g/mol. The van der Waals surface area contributed by atoms with Crippen molar-refractivity contribution < 1.29 is 9.47 Å². The fraction of sp³-hybridized carbons (Fsp3) is 1.00. The van der Waals surface area contributed by atoms with Gasteiger partial charge in [-0.2, -0.15) is 0 Å². The molecule has 1 aliphatic carbocycles. The molecule has 0 bridgehead atoms. The first-order valence-corrected chi connectivity index (χ1v) is 6.49. The highest BCUT2D eigenvalue weighted by Gasteiger charge is 2.33. The molecule has 4 heteroatoms. The number of nitrogens with two attached hydrogens (primary N) is 1. The van der Waals surface area contributed by atoms with E-state index in [2.05, 4.69) is 4.90 Å². The Morgan fingerprint density at radius 2 is 1.88 bits per heavy atom. The van der Waals surface area contributed by atoms with Gasteiger partial charge in [-0.15, -0.1) is 0 Å². The second kappa shape index (κ2) is 5.96. The lowest BCUT2D eigenvalue weighted by atomic mass is 10.0. The maximum Gasteiger partial charge on any atom is 0.0804 e. The standard InChI is InChI=1S/C12H24N2O2/c13-11-12(3-1-2-4-12)16-10-7-14-5-8-15-9-6-14/h1-11,13H2. The van der Waals surface area contributed by atoms with Crippen LogP contribution in [0, 0.1) is 0 Å². The number of nitrogens with zero attached hydrogens (tertiary/aromatic N) is 1. The molecule has 94 valence electrons. The summed E-state index contributed by atoms with van der Waals surface area (Å²) in [6.07, 6.45) is 4.84. The molecule has 1 saturated carbocycles. The second-order valence-corrected chi connectivity index (χ2v) is 4.90. The first-order valence-electron chi connectivity index (χ1n) is 6.49. The molecule has 0 atom stereocenters. The number of rotatable bonds is 5. The molecule has 1 heterocycles. The Bertz CT molecular complexity index is 199. The molecule has 0 aromatic heterocycles. The molecule has 0 spiro atoms. The van der Waals surface area contributed by atoms with Gasteiger partial charge >= 0.3 is 0 Å². The molecule has 16 heavy (non-hydrogen) atoms. The van der Waals surface area contributed by atoms with Crippen molar-refractivity contribution >= 4 is 0 Å². The van der Waals surface area contributed by atoms with E-state index in [4.69, 9.17) is 15.2 Å². The Labute approximate surface area is 98.1 Å². The van der Waals surface area contributed by atoms with Gasteiger partial charge in [0, 0.05) is 26.2 Å². The summed E-state index contributed by atoms with van der Waals surface area (Å²) in [5.41, 5.74) is 5.84. The molecule has 0 aromatic carbocycles. The quantitative estimate of drug-likeness (QED) is 0.749. The molecule has 0 unspecified atom stereocenters. The van der Waals surface area contributed by atoms with Gasteiger partial charge in [-0.05, 0) is 12.8 Å². The van der Waals surface area contributed by atoms with Crippen molar-refractivity contribution in [2.24, 2.45) is 5.73 Å². The van der Waals surface area contributed by atoms with Gasteiger partial charge in [0.15, 0.2) is 0 Å². The minimum Gasteiger partial charge on any atom is -0.379 e. The van der Waals surface area contributed by atoms with E-state index in [1.807, 2.05) is 0 Å². The van der Waals surface area contributed by atoms with Crippen LogP contribution in [0.4, 0.5) is 0 Å². The fourth-order valence-electron chi connectivity index (χ4n) is 2.64. The maximum atomic E-state index is 6.04. The summed E-state index contributed by atoms with van der Waals surface area (Å²) >= 11 is 0. The van der Waals surface area contributed by atoms with Crippen molar-refractivity contribution in [2.45, 2.75) is 31.3 Å². The zero-order valence-electron chi connectivity index (χ0n) is 10.1. The number of hydrogen-bond donors (Lipinski definition) is 1. The van der Waals surface area contributed by atoms with Gasteiger partial charge in [-0.25, -0.2) is 0 Å². The van der Waals surface area contributed by atoms with Crippen molar-refractivity contribution in [2.75, 3.05) is 46.0 Å². The summed E-state index contributed by atoms with van der Waals surface area (Å²) in [6, 6.07) is 0. The van der Waals surface area contributed by atoms with Gasteiger partial charge in [-0.3, -0.25) is 4.90 Å². The van der Waals surface area contributed by atoms with Gasteiger partial charge in [0.25, 0.3) is 0 Å². The summed E-state index contributed by atoms with van der Waals surface area (Å²) < 4.78 is 11.4. The van der Waals surface area contributed by atoms with Gasteiger partial charge in [0.05, 0.1) is 25.4 Å². The molecule has 1 aliphatic heterocycles. The summed E-state index contributed by atoms with van der Waals surface area (Å²) in [4.78, 5) is 2.41. The highest BCUT2D eigenvalue weighted by molar-refractivity contribution is 4.87. The topological polar surface area (TPSA) is 47.7 Å². The molecule has 0 aromatic rings. The minimum absolute atomic E-state index is 0.00624. The monoisotopic (exact) mass is 228 g/mol. The highest BCUT2D eigenvalue weighted by Crippen LogP contribution is 2.32. The maximum absolute atomic E-state index is 6.04. The summed E-state index contributed by atoms with van der Waals surface area (Å²) in [5.74, 6) is 0. The van der Waals surface area contributed by atoms with E-state index < -0.39 is 0 Å². The van der Waals surface area contributed by atoms with Crippen molar-refractivity contribution in [1.82, 2.24) is 4.90 Å². The van der Waals surface area contributed by atoms with Crippen molar-refractivity contribution in [1.29, 1.82) is 0 Å². The average Bonchev–Trinajstić information content (AvgIpc) is 2.80. The van der Waals surface area contributed by atoms with E-state index in [-0.39, 0.29) is 5.60 Å². The lowest BCUT2D eigenvalue weighted by molar-refractivity contribution is -0.0504. The van der Waals surface area contributed by atoms with E-state index in [0.29, 0.717) is 6.54 Å². The van der Waals surface area contributed by atoms with Crippen LogP contribution in [0.1, 0.15) is 25.7 Å². The molecular formula is C12H24N2O2. The molecule has 1 saturated heterocycles. The minimum atomic E-state index is 0.00624. The van der Waals surface area contributed by atoms with Crippen LogP contribution >= 0.6 is 0 Å². The van der Waals surface area contributed by atoms with E-state index in [1.54, 1.807) is 0 Å².